The third-order valence-electron chi connectivity index (χ3n) is 3.89. The van der Waals surface area contributed by atoms with E-state index in [2.05, 4.69) is 25.3 Å². The molecule has 0 N–H and O–H groups in total. The second kappa shape index (κ2) is 5.49. The lowest BCUT2D eigenvalue weighted by molar-refractivity contribution is 0.0603. The second-order valence-corrected chi connectivity index (χ2v) is 5.07. The van der Waals surface area contributed by atoms with Crippen molar-refractivity contribution in [3.05, 3.63) is 72.3 Å². The van der Waals surface area contributed by atoms with Crippen LogP contribution in [0.1, 0.15) is 21.5 Å². The number of hydrogen-bond donors (Lipinski definition) is 0. The van der Waals surface area contributed by atoms with Gasteiger partial charge in [0.1, 0.15) is 0 Å². The molecule has 22 heavy (non-hydrogen) atoms. The van der Waals surface area contributed by atoms with Gasteiger partial charge in [-0.1, -0.05) is 49.6 Å². The van der Waals surface area contributed by atoms with Crippen molar-refractivity contribution in [3.8, 4) is 0 Å². The van der Waals surface area contributed by atoms with Crippen molar-refractivity contribution in [2.75, 3.05) is 7.11 Å². The molecule has 3 aromatic carbocycles. The lowest BCUT2D eigenvalue weighted by Gasteiger charge is -2.13. The van der Waals surface area contributed by atoms with E-state index >= 15 is 0 Å². The van der Waals surface area contributed by atoms with Gasteiger partial charge in [0, 0.05) is 0 Å². The summed E-state index contributed by atoms with van der Waals surface area (Å²) in [7, 11) is 1.39. The Morgan fingerprint density at radius 2 is 1.68 bits per heavy atom. The fraction of sp³-hybridized carbons (Fsp3) is 0.0500. The van der Waals surface area contributed by atoms with Gasteiger partial charge in [-0.3, -0.25) is 0 Å². The van der Waals surface area contributed by atoms with Crippen LogP contribution in [-0.2, 0) is 4.74 Å². The smallest absolute Gasteiger partial charge is 0.339 e. The molecule has 0 heterocycles. The third kappa shape index (κ3) is 2.09. The minimum Gasteiger partial charge on any atom is -0.465 e. The van der Waals surface area contributed by atoms with Crippen LogP contribution in [0.4, 0.5) is 0 Å². The molecular weight excluding hydrogens is 272 g/mol. The highest BCUT2D eigenvalue weighted by molar-refractivity contribution is 6.12. The number of hydrogen-bond acceptors (Lipinski definition) is 2. The first-order chi connectivity index (χ1) is 10.7. The number of fused-ring (bicyclic) bond motifs is 2. The Hall–Kier alpha value is -2.87. The maximum Gasteiger partial charge on any atom is 0.339 e. The van der Waals surface area contributed by atoms with E-state index in [0.29, 0.717) is 5.56 Å². The van der Waals surface area contributed by atoms with Gasteiger partial charge in [0.25, 0.3) is 0 Å². The van der Waals surface area contributed by atoms with Gasteiger partial charge in [-0.2, -0.15) is 0 Å². The Balaban J connectivity index is 2.53. The van der Waals surface area contributed by atoms with Crippen molar-refractivity contribution in [2.24, 2.45) is 0 Å². The number of carbonyl (C=O) groups is 1. The molecule has 0 saturated carbocycles. The number of rotatable bonds is 3. The second-order valence-electron chi connectivity index (χ2n) is 5.07. The summed E-state index contributed by atoms with van der Waals surface area (Å²) in [5, 5.41) is 4.07. The number of esters is 1. The fourth-order valence-electron chi connectivity index (χ4n) is 2.84. The molecule has 0 bridgehead atoms. The molecule has 3 rings (SSSR count). The Morgan fingerprint density at radius 3 is 2.27 bits per heavy atom. The summed E-state index contributed by atoms with van der Waals surface area (Å²) < 4.78 is 4.98. The van der Waals surface area contributed by atoms with Crippen molar-refractivity contribution < 1.29 is 9.53 Å². The minimum atomic E-state index is -0.362. The maximum atomic E-state index is 12.3. The SMILES string of the molecule is C=Cc1cc2cc3ccccc3cc2c(C(=O)OC)c1C=C. The number of ether oxygens (including phenoxy) is 1. The van der Waals surface area contributed by atoms with Crippen LogP contribution in [0.15, 0.2) is 55.6 Å². The zero-order valence-corrected chi connectivity index (χ0v) is 12.4. The molecule has 0 spiro atoms. The van der Waals surface area contributed by atoms with Crippen LogP contribution in [0.2, 0.25) is 0 Å². The van der Waals surface area contributed by atoms with Gasteiger partial charge < -0.3 is 4.74 Å². The highest BCUT2D eigenvalue weighted by atomic mass is 16.5. The van der Waals surface area contributed by atoms with Gasteiger partial charge in [0.15, 0.2) is 0 Å². The average Bonchev–Trinajstić information content (AvgIpc) is 2.57. The van der Waals surface area contributed by atoms with E-state index in [1.54, 1.807) is 12.2 Å². The molecule has 0 aliphatic heterocycles. The first-order valence-corrected chi connectivity index (χ1v) is 7.02. The van der Waals surface area contributed by atoms with Crippen LogP contribution in [0.5, 0.6) is 0 Å². The first kappa shape index (κ1) is 14.1. The molecule has 3 aromatic rings. The normalized spacial score (nSPS) is 10.6. The van der Waals surface area contributed by atoms with Gasteiger partial charge in [-0.05, 0) is 50.9 Å². The zero-order valence-electron chi connectivity index (χ0n) is 12.4. The molecule has 108 valence electrons. The highest BCUT2D eigenvalue weighted by Crippen LogP contribution is 2.31. The molecule has 0 aliphatic rings. The van der Waals surface area contributed by atoms with E-state index in [1.807, 2.05) is 30.3 Å². The topological polar surface area (TPSA) is 26.3 Å². The Labute approximate surface area is 129 Å². The van der Waals surface area contributed by atoms with Gasteiger partial charge in [-0.25, -0.2) is 4.79 Å². The van der Waals surface area contributed by atoms with E-state index in [9.17, 15) is 4.79 Å². The lowest BCUT2D eigenvalue weighted by atomic mass is 9.92. The van der Waals surface area contributed by atoms with E-state index in [0.717, 1.165) is 32.7 Å². The number of carbonyl (C=O) groups excluding carboxylic acids is 1. The van der Waals surface area contributed by atoms with Gasteiger partial charge >= 0.3 is 5.97 Å². The zero-order chi connectivity index (χ0) is 15.7. The highest BCUT2D eigenvalue weighted by Gasteiger charge is 2.17. The summed E-state index contributed by atoms with van der Waals surface area (Å²) in [6.45, 7) is 7.67. The van der Waals surface area contributed by atoms with Crippen molar-refractivity contribution >= 4 is 39.7 Å². The monoisotopic (exact) mass is 288 g/mol. The summed E-state index contributed by atoms with van der Waals surface area (Å²) in [6.07, 6.45) is 3.41. The van der Waals surface area contributed by atoms with Gasteiger partial charge in [-0.15, -0.1) is 0 Å². The summed E-state index contributed by atoms with van der Waals surface area (Å²) in [6, 6.07) is 14.2. The largest absolute Gasteiger partial charge is 0.465 e. The lowest BCUT2D eigenvalue weighted by Crippen LogP contribution is -2.06. The van der Waals surface area contributed by atoms with Crippen molar-refractivity contribution in [2.45, 2.75) is 0 Å². The van der Waals surface area contributed by atoms with Crippen LogP contribution in [-0.4, -0.2) is 13.1 Å². The minimum absolute atomic E-state index is 0.362. The Bertz CT molecular complexity index is 920. The quantitative estimate of drug-likeness (QED) is 0.497. The summed E-state index contributed by atoms with van der Waals surface area (Å²) >= 11 is 0. The predicted octanol–water partition coefficient (Wildman–Crippen LogP) is 5.07. The van der Waals surface area contributed by atoms with Gasteiger partial charge in [0.05, 0.1) is 12.7 Å². The van der Waals surface area contributed by atoms with E-state index < -0.39 is 0 Å². The number of methoxy groups -OCH3 is 1. The molecule has 0 amide bonds. The summed E-state index contributed by atoms with van der Waals surface area (Å²) in [5.41, 5.74) is 2.17. The third-order valence-corrected chi connectivity index (χ3v) is 3.89. The summed E-state index contributed by atoms with van der Waals surface area (Å²) in [4.78, 5) is 12.3. The Kier molecular flexibility index (Phi) is 3.51. The molecule has 2 nitrogen and oxygen atoms in total. The van der Waals surface area contributed by atoms with Crippen LogP contribution in [0.3, 0.4) is 0 Å². The van der Waals surface area contributed by atoms with Crippen LogP contribution in [0.25, 0.3) is 33.7 Å². The van der Waals surface area contributed by atoms with E-state index in [1.165, 1.54) is 7.11 Å². The van der Waals surface area contributed by atoms with E-state index in [4.69, 9.17) is 4.74 Å². The molecule has 0 unspecified atom stereocenters. The fourth-order valence-corrected chi connectivity index (χ4v) is 2.84. The summed E-state index contributed by atoms with van der Waals surface area (Å²) in [5.74, 6) is -0.362. The predicted molar refractivity (Wildman–Crippen MR) is 93.0 cm³/mol. The molecule has 0 saturated heterocycles. The van der Waals surface area contributed by atoms with Gasteiger partial charge in [0.2, 0.25) is 0 Å². The average molecular weight is 288 g/mol. The first-order valence-electron chi connectivity index (χ1n) is 7.02. The molecule has 0 fully saturated rings. The standard InChI is InChI=1S/C20H16O2/c1-4-13-10-16-11-14-8-6-7-9-15(14)12-18(16)19(17(13)5-2)20(21)22-3/h4-12H,1-2H2,3H3. The van der Waals surface area contributed by atoms with Crippen molar-refractivity contribution in [3.63, 3.8) is 0 Å². The van der Waals surface area contributed by atoms with E-state index in [-0.39, 0.29) is 5.97 Å². The molecule has 0 aliphatic carbocycles. The van der Waals surface area contributed by atoms with Crippen LogP contribution in [0, 0.1) is 0 Å². The van der Waals surface area contributed by atoms with Crippen molar-refractivity contribution in [1.82, 2.24) is 0 Å². The molecular formula is C20H16O2. The maximum absolute atomic E-state index is 12.3. The molecule has 0 aromatic heterocycles. The molecule has 0 radical (unpaired) electrons. The number of benzene rings is 3. The van der Waals surface area contributed by atoms with Crippen LogP contribution < -0.4 is 0 Å². The Morgan fingerprint density at radius 1 is 1.00 bits per heavy atom. The molecule has 2 heteroatoms. The van der Waals surface area contributed by atoms with Crippen molar-refractivity contribution in [1.29, 1.82) is 0 Å². The van der Waals surface area contributed by atoms with Crippen LogP contribution >= 0.6 is 0 Å². The molecule has 0 atom stereocenters.